The summed E-state index contributed by atoms with van der Waals surface area (Å²) in [5.74, 6) is 0.640. The summed E-state index contributed by atoms with van der Waals surface area (Å²) < 4.78 is 4.97. The number of hydrogen-bond acceptors (Lipinski definition) is 4. The highest BCUT2D eigenvalue weighted by Gasteiger charge is 2.11. The first kappa shape index (κ1) is 16.7. The normalized spacial score (nSPS) is 14.9. The van der Waals surface area contributed by atoms with Crippen molar-refractivity contribution in [2.24, 2.45) is 0 Å². The first-order chi connectivity index (χ1) is 11.7. The van der Waals surface area contributed by atoms with Crippen molar-refractivity contribution in [3.63, 3.8) is 0 Å². The van der Waals surface area contributed by atoms with Gasteiger partial charge in [-0.1, -0.05) is 17.3 Å². The minimum atomic E-state index is -0.0786. The number of aryl methyl sites for hydroxylation is 2. The van der Waals surface area contributed by atoms with Crippen LogP contribution in [0.4, 0.5) is 5.69 Å². The number of carbonyl (C=O) groups is 1. The molecule has 24 heavy (non-hydrogen) atoms. The number of hydrogen-bond donors (Lipinski definition) is 1. The van der Waals surface area contributed by atoms with Gasteiger partial charge in [0.25, 0.3) is 0 Å². The molecule has 0 bridgehead atoms. The Balaban J connectivity index is 1.42. The van der Waals surface area contributed by atoms with Gasteiger partial charge in [0.2, 0.25) is 5.91 Å². The average Bonchev–Trinajstić information content (AvgIpc) is 3.21. The summed E-state index contributed by atoms with van der Waals surface area (Å²) in [5, 5.41) is 6.74. The van der Waals surface area contributed by atoms with Crippen molar-refractivity contribution >= 4 is 11.6 Å². The summed E-state index contributed by atoms with van der Waals surface area (Å²) in [4.78, 5) is 14.5. The highest BCUT2D eigenvalue weighted by atomic mass is 16.5. The second kappa shape index (κ2) is 8.11. The summed E-state index contributed by atoms with van der Waals surface area (Å²) in [6.45, 7) is 5.53. The van der Waals surface area contributed by atoms with E-state index < -0.39 is 0 Å². The lowest BCUT2D eigenvalue weighted by Crippen LogP contribution is -2.20. The molecule has 0 aliphatic carbocycles. The standard InChI is InChI=1S/C19H25N3O2/c1-15-13-18(21-24-15)14-19(23)20-17-8-6-16(7-9-17)5-4-12-22-10-2-3-11-22/h6-9,13H,2-5,10-12,14H2,1H3,(H,20,23). The van der Waals surface area contributed by atoms with Gasteiger partial charge < -0.3 is 14.7 Å². The lowest BCUT2D eigenvalue weighted by molar-refractivity contribution is -0.115. The molecule has 1 saturated heterocycles. The third-order valence-corrected chi connectivity index (χ3v) is 4.39. The molecule has 0 radical (unpaired) electrons. The third-order valence-electron chi connectivity index (χ3n) is 4.39. The van der Waals surface area contributed by atoms with Crippen molar-refractivity contribution in [1.82, 2.24) is 10.1 Å². The molecule has 1 aromatic heterocycles. The molecule has 1 aromatic carbocycles. The van der Waals surface area contributed by atoms with Gasteiger partial charge in [0.15, 0.2) is 0 Å². The van der Waals surface area contributed by atoms with Gasteiger partial charge in [-0.05, 0) is 69.9 Å². The van der Waals surface area contributed by atoms with E-state index >= 15 is 0 Å². The molecule has 0 atom stereocenters. The molecule has 0 spiro atoms. The van der Waals surface area contributed by atoms with Crippen molar-refractivity contribution < 1.29 is 9.32 Å². The highest BCUT2D eigenvalue weighted by Crippen LogP contribution is 2.13. The van der Waals surface area contributed by atoms with E-state index in [4.69, 9.17) is 4.52 Å². The zero-order valence-corrected chi connectivity index (χ0v) is 14.3. The van der Waals surface area contributed by atoms with Gasteiger partial charge in [-0.2, -0.15) is 0 Å². The number of carbonyl (C=O) groups excluding carboxylic acids is 1. The highest BCUT2D eigenvalue weighted by molar-refractivity contribution is 5.91. The van der Waals surface area contributed by atoms with E-state index in [1.165, 1.54) is 44.5 Å². The molecule has 128 valence electrons. The molecule has 2 aromatic rings. The van der Waals surface area contributed by atoms with Gasteiger partial charge in [-0.15, -0.1) is 0 Å². The van der Waals surface area contributed by atoms with Crippen LogP contribution in [0.5, 0.6) is 0 Å². The average molecular weight is 327 g/mol. The summed E-state index contributed by atoms with van der Waals surface area (Å²) in [6.07, 6.45) is 5.21. The van der Waals surface area contributed by atoms with Gasteiger partial charge in [0, 0.05) is 11.8 Å². The van der Waals surface area contributed by atoms with Crippen molar-refractivity contribution in [3.8, 4) is 0 Å². The summed E-state index contributed by atoms with van der Waals surface area (Å²) in [7, 11) is 0. The first-order valence-corrected chi connectivity index (χ1v) is 8.72. The minimum absolute atomic E-state index is 0.0786. The lowest BCUT2D eigenvalue weighted by atomic mass is 10.1. The predicted molar refractivity (Wildman–Crippen MR) is 94.0 cm³/mol. The molecule has 2 heterocycles. The Morgan fingerprint density at radius 1 is 1.25 bits per heavy atom. The number of nitrogens with zero attached hydrogens (tertiary/aromatic N) is 2. The van der Waals surface area contributed by atoms with E-state index in [-0.39, 0.29) is 12.3 Å². The van der Waals surface area contributed by atoms with Crippen LogP contribution in [0.1, 0.15) is 36.3 Å². The number of aromatic nitrogens is 1. The summed E-state index contributed by atoms with van der Waals surface area (Å²) in [6, 6.07) is 9.91. The molecule has 5 nitrogen and oxygen atoms in total. The molecule has 3 rings (SSSR count). The Labute approximate surface area is 143 Å². The van der Waals surface area contributed by atoms with Crippen molar-refractivity contribution in [1.29, 1.82) is 0 Å². The maximum atomic E-state index is 12.0. The zero-order chi connectivity index (χ0) is 16.8. The van der Waals surface area contributed by atoms with E-state index in [0.717, 1.165) is 17.9 Å². The van der Waals surface area contributed by atoms with Crippen LogP contribution in [0.15, 0.2) is 34.9 Å². The number of benzene rings is 1. The topological polar surface area (TPSA) is 58.4 Å². The molecule has 1 aliphatic heterocycles. The Hall–Kier alpha value is -2.14. The minimum Gasteiger partial charge on any atom is -0.361 e. The smallest absolute Gasteiger partial charge is 0.230 e. The summed E-state index contributed by atoms with van der Waals surface area (Å²) >= 11 is 0. The van der Waals surface area contributed by atoms with E-state index in [0.29, 0.717) is 5.69 Å². The van der Waals surface area contributed by atoms with Crippen LogP contribution in [0.25, 0.3) is 0 Å². The second-order valence-electron chi connectivity index (χ2n) is 6.50. The quantitative estimate of drug-likeness (QED) is 0.848. The van der Waals surface area contributed by atoms with Gasteiger partial charge in [0.05, 0.1) is 12.1 Å². The number of amides is 1. The van der Waals surface area contributed by atoms with E-state index in [1.807, 2.05) is 19.1 Å². The van der Waals surface area contributed by atoms with Gasteiger partial charge in [-0.3, -0.25) is 4.79 Å². The monoisotopic (exact) mass is 327 g/mol. The molecule has 0 unspecified atom stereocenters. The van der Waals surface area contributed by atoms with E-state index in [9.17, 15) is 4.79 Å². The number of rotatable bonds is 7. The molecule has 1 fully saturated rings. The Morgan fingerprint density at radius 3 is 2.67 bits per heavy atom. The van der Waals surface area contributed by atoms with Gasteiger partial charge in [0.1, 0.15) is 5.76 Å². The maximum Gasteiger partial charge on any atom is 0.230 e. The lowest BCUT2D eigenvalue weighted by Gasteiger charge is -2.14. The third kappa shape index (κ3) is 4.93. The number of nitrogens with one attached hydrogen (secondary N) is 1. The largest absolute Gasteiger partial charge is 0.361 e. The number of anilines is 1. The molecular weight excluding hydrogens is 302 g/mol. The molecule has 0 saturated carbocycles. The fourth-order valence-corrected chi connectivity index (χ4v) is 3.14. The predicted octanol–water partition coefficient (Wildman–Crippen LogP) is 3.19. The van der Waals surface area contributed by atoms with E-state index in [1.54, 1.807) is 6.07 Å². The Morgan fingerprint density at radius 2 is 2.00 bits per heavy atom. The summed E-state index contributed by atoms with van der Waals surface area (Å²) in [5.41, 5.74) is 2.80. The van der Waals surface area contributed by atoms with Crippen LogP contribution >= 0.6 is 0 Å². The molecular formula is C19H25N3O2. The van der Waals surface area contributed by atoms with Gasteiger partial charge in [-0.25, -0.2) is 0 Å². The van der Waals surface area contributed by atoms with Crippen LogP contribution in [-0.2, 0) is 17.6 Å². The van der Waals surface area contributed by atoms with Gasteiger partial charge >= 0.3 is 0 Å². The second-order valence-corrected chi connectivity index (χ2v) is 6.50. The van der Waals surface area contributed by atoms with Crippen LogP contribution in [0, 0.1) is 6.92 Å². The maximum absolute atomic E-state index is 12.0. The van der Waals surface area contributed by atoms with E-state index in [2.05, 4.69) is 27.5 Å². The fourth-order valence-electron chi connectivity index (χ4n) is 3.14. The van der Waals surface area contributed by atoms with Crippen LogP contribution in [-0.4, -0.2) is 35.6 Å². The van der Waals surface area contributed by atoms with Crippen molar-refractivity contribution in [3.05, 3.63) is 47.3 Å². The zero-order valence-electron chi connectivity index (χ0n) is 14.3. The molecule has 1 aliphatic rings. The van der Waals surface area contributed by atoms with Crippen LogP contribution < -0.4 is 5.32 Å². The van der Waals surface area contributed by atoms with Crippen LogP contribution in [0.2, 0.25) is 0 Å². The first-order valence-electron chi connectivity index (χ1n) is 8.72. The Kier molecular flexibility index (Phi) is 5.64. The van der Waals surface area contributed by atoms with Crippen LogP contribution in [0.3, 0.4) is 0 Å². The Bertz CT molecular complexity index is 658. The number of likely N-dealkylation sites (tertiary alicyclic amines) is 1. The molecule has 1 N–H and O–H groups in total. The van der Waals surface area contributed by atoms with Crippen molar-refractivity contribution in [2.75, 3.05) is 25.0 Å². The SMILES string of the molecule is Cc1cc(CC(=O)Nc2ccc(CCCN3CCCC3)cc2)no1. The molecule has 5 heteroatoms. The molecule has 1 amide bonds. The fraction of sp³-hybridized carbons (Fsp3) is 0.474. The van der Waals surface area contributed by atoms with Crippen molar-refractivity contribution in [2.45, 2.75) is 39.0 Å².